The van der Waals surface area contributed by atoms with E-state index >= 15 is 0 Å². The molecule has 0 saturated heterocycles. The topological polar surface area (TPSA) is 12.4 Å². The lowest BCUT2D eigenvalue weighted by Crippen LogP contribution is -1.84. The molecule has 0 atom stereocenters. The number of thiocarbonyl (C=S) groups is 1. The summed E-state index contributed by atoms with van der Waals surface area (Å²) < 4.78 is 0. The first-order chi connectivity index (χ1) is 11.8. The zero-order valence-electron chi connectivity index (χ0n) is 13.3. The van der Waals surface area contributed by atoms with Crippen molar-refractivity contribution in [2.45, 2.75) is 6.92 Å². The summed E-state index contributed by atoms with van der Waals surface area (Å²) in [5, 5.41) is 2.40. The van der Waals surface area contributed by atoms with Crippen molar-refractivity contribution in [1.29, 1.82) is 0 Å². The Balaban J connectivity index is 1.85. The molecule has 0 N–H and O–H groups in total. The van der Waals surface area contributed by atoms with Crippen molar-refractivity contribution in [3.05, 3.63) is 89.5 Å². The van der Waals surface area contributed by atoms with E-state index in [1.165, 1.54) is 5.56 Å². The third-order valence-corrected chi connectivity index (χ3v) is 3.80. The van der Waals surface area contributed by atoms with Gasteiger partial charge < -0.3 is 0 Å². The summed E-state index contributed by atoms with van der Waals surface area (Å²) in [6.07, 6.45) is 0. The summed E-state index contributed by atoms with van der Waals surface area (Å²) in [6.45, 7) is 2.07. The Morgan fingerprint density at radius 1 is 0.792 bits per heavy atom. The summed E-state index contributed by atoms with van der Waals surface area (Å²) in [5.41, 5.74) is 6.35. The number of aryl methyl sites for hydroxylation is 1. The van der Waals surface area contributed by atoms with Gasteiger partial charge in [0.1, 0.15) is 0 Å². The van der Waals surface area contributed by atoms with Gasteiger partial charge in [0.2, 0.25) is 0 Å². The van der Waals surface area contributed by atoms with Crippen molar-refractivity contribution in [2.24, 2.45) is 4.99 Å². The van der Waals surface area contributed by atoms with E-state index in [1.54, 1.807) is 0 Å². The van der Waals surface area contributed by atoms with Crippen LogP contribution in [0.1, 0.15) is 16.7 Å². The molecular formula is C22H15NS. The van der Waals surface area contributed by atoms with Gasteiger partial charge >= 0.3 is 0 Å². The molecule has 0 aliphatic carbocycles. The van der Waals surface area contributed by atoms with Gasteiger partial charge in [0.15, 0.2) is 0 Å². The molecule has 0 spiro atoms. The average molecular weight is 325 g/mol. The standard InChI is InChI=1S/C22H15NS/c1-17-15-21(23-16-24)13-14-22(17)20-11-9-19(10-12-20)8-7-18-5-3-2-4-6-18/h2-6,9-15H,1H3. The SMILES string of the molecule is Cc1cc(N=C=S)ccc1-c1ccc(C#Cc2ccccc2)cc1. The zero-order chi connectivity index (χ0) is 16.8. The highest BCUT2D eigenvalue weighted by Crippen LogP contribution is 2.27. The molecule has 0 radical (unpaired) electrons. The van der Waals surface area contributed by atoms with E-state index in [-0.39, 0.29) is 0 Å². The van der Waals surface area contributed by atoms with Crippen molar-refractivity contribution in [3.8, 4) is 23.0 Å². The van der Waals surface area contributed by atoms with Gasteiger partial charge in [-0.15, -0.1) is 0 Å². The van der Waals surface area contributed by atoms with Gasteiger partial charge in [-0.2, -0.15) is 4.99 Å². The minimum atomic E-state index is 0.830. The Morgan fingerprint density at radius 2 is 1.46 bits per heavy atom. The Bertz CT molecular complexity index is 954. The second kappa shape index (κ2) is 7.53. The average Bonchev–Trinajstić information content (AvgIpc) is 2.62. The molecule has 0 saturated carbocycles. The minimum absolute atomic E-state index is 0.830. The summed E-state index contributed by atoms with van der Waals surface area (Å²) >= 11 is 4.65. The largest absolute Gasteiger partial charge is 0.195 e. The lowest BCUT2D eigenvalue weighted by molar-refractivity contribution is 1.43. The quantitative estimate of drug-likeness (QED) is 0.330. The molecule has 0 bridgehead atoms. The first-order valence-corrected chi connectivity index (χ1v) is 8.03. The molecule has 0 heterocycles. The number of hydrogen-bond acceptors (Lipinski definition) is 2. The van der Waals surface area contributed by atoms with Crippen LogP contribution in [-0.4, -0.2) is 5.16 Å². The molecule has 2 heteroatoms. The zero-order valence-corrected chi connectivity index (χ0v) is 14.1. The summed E-state index contributed by atoms with van der Waals surface area (Å²) in [6, 6.07) is 24.3. The lowest BCUT2D eigenvalue weighted by Gasteiger charge is -2.07. The number of isothiocyanates is 1. The van der Waals surface area contributed by atoms with Crippen molar-refractivity contribution in [3.63, 3.8) is 0 Å². The van der Waals surface area contributed by atoms with Crippen LogP contribution in [0, 0.1) is 18.8 Å². The second-order valence-corrected chi connectivity index (χ2v) is 5.58. The van der Waals surface area contributed by atoms with Crippen LogP contribution in [0.2, 0.25) is 0 Å². The molecule has 1 nitrogen and oxygen atoms in total. The number of nitrogens with zero attached hydrogens (tertiary/aromatic N) is 1. The molecule has 3 aromatic rings. The van der Waals surface area contributed by atoms with Crippen molar-refractivity contribution in [1.82, 2.24) is 0 Å². The highest BCUT2D eigenvalue weighted by atomic mass is 32.1. The fourth-order valence-electron chi connectivity index (χ4n) is 2.49. The van der Waals surface area contributed by atoms with Crippen molar-refractivity contribution < 1.29 is 0 Å². The summed E-state index contributed by atoms with van der Waals surface area (Å²) in [7, 11) is 0. The van der Waals surface area contributed by atoms with E-state index in [4.69, 9.17) is 0 Å². The third-order valence-electron chi connectivity index (χ3n) is 3.71. The summed E-state index contributed by atoms with van der Waals surface area (Å²) in [4.78, 5) is 4.02. The second-order valence-electron chi connectivity index (χ2n) is 5.40. The molecule has 3 aromatic carbocycles. The Kier molecular flexibility index (Phi) is 4.99. The Morgan fingerprint density at radius 3 is 2.08 bits per heavy atom. The first kappa shape index (κ1) is 15.9. The number of hydrogen-bond donors (Lipinski definition) is 0. The minimum Gasteiger partial charge on any atom is -0.195 e. The highest BCUT2D eigenvalue weighted by molar-refractivity contribution is 7.78. The molecule has 0 amide bonds. The molecule has 114 valence electrons. The van der Waals surface area contributed by atoms with Gasteiger partial charge in [0.25, 0.3) is 0 Å². The predicted molar refractivity (Wildman–Crippen MR) is 104 cm³/mol. The maximum Gasteiger partial charge on any atom is 0.0742 e. The van der Waals surface area contributed by atoms with Crippen molar-refractivity contribution in [2.75, 3.05) is 0 Å². The van der Waals surface area contributed by atoms with E-state index in [0.717, 1.165) is 27.9 Å². The molecular weight excluding hydrogens is 310 g/mol. The molecule has 0 unspecified atom stereocenters. The highest BCUT2D eigenvalue weighted by Gasteiger charge is 2.02. The summed E-state index contributed by atoms with van der Waals surface area (Å²) in [5.74, 6) is 6.37. The maximum atomic E-state index is 4.65. The fraction of sp³-hybridized carbons (Fsp3) is 0.0455. The number of aliphatic imine (C=N–C) groups is 1. The monoisotopic (exact) mass is 325 g/mol. The first-order valence-electron chi connectivity index (χ1n) is 7.62. The molecule has 0 aromatic heterocycles. The van der Waals surface area contributed by atoms with Gasteiger partial charge in [-0.25, -0.2) is 0 Å². The van der Waals surface area contributed by atoms with Crippen LogP contribution >= 0.6 is 12.2 Å². The molecule has 3 rings (SSSR count). The molecule has 24 heavy (non-hydrogen) atoms. The number of benzene rings is 3. The lowest BCUT2D eigenvalue weighted by atomic mass is 9.99. The van der Waals surface area contributed by atoms with E-state index in [0.29, 0.717) is 0 Å². The van der Waals surface area contributed by atoms with Gasteiger partial charge in [-0.05, 0) is 72.2 Å². The van der Waals surface area contributed by atoms with E-state index in [2.05, 4.69) is 59.3 Å². The maximum absolute atomic E-state index is 4.65. The van der Waals surface area contributed by atoms with E-state index in [9.17, 15) is 0 Å². The van der Waals surface area contributed by atoms with Gasteiger partial charge in [-0.3, -0.25) is 0 Å². The smallest absolute Gasteiger partial charge is 0.0742 e. The molecule has 0 fully saturated rings. The van der Waals surface area contributed by atoms with Crippen LogP contribution in [0.5, 0.6) is 0 Å². The molecule has 0 aliphatic rings. The normalized spacial score (nSPS) is 9.54. The predicted octanol–water partition coefficient (Wildman–Crippen LogP) is 5.80. The van der Waals surface area contributed by atoms with Crippen LogP contribution in [0.4, 0.5) is 5.69 Å². The van der Waals surface area contributed by atoms with Gasteiger partial charge in [-0.1, -0.05) is 48.2 Å². The van der Waals surface area contributed by atoms with Gasteiger partial charge in [0.05, 0.1) is 10.8 Å². The Labute approximate surface area is 147 Å². The molecule has 0 aliphatic heterocycles. The van der Waals surface area contributed by atoms with Crippen LogP contribution in [0.15, 0.2) is 77.8 Å². The van der Waals surface area contributed by atoms with E-state index in [1.807, 2.05) is 54.6 Å². The van der Waals surface area contributed by atoms with Crippen LogP contribution in [-0.2, 0) is 0 Å². The van der Waals surface area contributed by atoms with E-state index < -0.39 is 0 Å². The Hall–Kier alpha value is -2.98. The number of rotatable bonds is 2. The van der Waals surface area contributed by atoms with Crippen molar-refractivity contribution >= 4 is 23.1 Å². The van der Waals surface area contributed by atoms with Crippen LogP contribution < -0.4 is 0 Å². The third kappa shape index (κ3) is 3.86. The van der Waals surface area contributed by atoms with Gasteiger partial charge in [0, 0.05) is 11.1 Å². The fourth-order valence-corrected chi connectivity index (χ4v) is 2.60. The van der Waals surface area contributed by atoms with Crippen LogP contribution in [0.3, 0.4) is 0 Å². The van der Waals surface area contributed by atoms with Crippen LogP contribution in [0.25, 0.3) is 11.1 Å².